The lowest BCUT2D eigenvalue weighted by atomic mass is 10.2. The highest BCUT2D eigenvalue weighted by atomic mass is 35.5. The summed E-state index contributed by atoms with van der Waals surface area (Å²) in [5, 5.41) is 7.98. The second-order valence-electron chi connectivity index (χ2n) is 4.41. The summed E-state index contributed by atoms with van der Waals surface area (Å²) in [7, 11) is 0. The van der Waals surface area contributed by atoms with Crippen molar-refractivity contribution >= 4 is 29.1 Å². The van der Waals surface area contributed by atoms with E-state index in [1.54, 1.807) is 18.2 Å². The number of aromatic nitrogens is 2. The molecule has 4 nitrogen and oxygen atoms in total. The molecule has 1 aromatic heterocycles. The van der Waals surface area contributed by atoms with Crippen molar-refractivity contribution in [1.29, 1.82) is 0 Å². The number of rotatable bonds is 4. The van der Waals surface area contributed by atoms with Gasteiger partial charge in [0, 0.05) is 30.4 Å². The van der Waals surface area contributed by atoms with Crippen LogP contribution in [0.1, 0.15) is 28.5 Å². The van der Waals surface area contributed by atoms with Gasteiger partial charge in [-0.15, -0.1) is 0 Å². The van der Waals surface area contributed by atoms with Gasteiger partial charge in [-0.2, -0.15) is 5.10 Å². The molecular formula is C14H15Cl2N3O. The van der Waals surface area contributed by atoms with Gasteiger partial charge in [0.15, 0.2) is 0 Å². The van der Waals surface area contributed by atoms with Crippen LogP contribution in [-0.4, -0.2) is 15.7 Å². The zero-order valence-corrected chi connectivity index (χ0v) is 12.8. The summed E-state index contributed by atoms with van der Waals surface area (Å²) in [6, 6.07) is 4.81. The Morgan fingerprint density at radius 3 is 2.70 bits per heavy atom. The van der Waals surface area contributed by atoms with Crippen LogP contribution in [0.2, 0.25) is 10.0 Å². The molecule has 0 aliphatic rings. The van der Waals surface area contributed by atoms with Crippen LogP contribution >= 0.6 is 23.2 Å². The molecule has 0 spiro atoms. The third-order valence-corrected chi connectivity index (χ3v) is 3.73. The van der Waals surface area contributed by atoms with Gasteiger partial charge in [0.1, 0.15) is 0 Å². The molecule has 0 unspecified atom stereocenters. The molecule has 1 amide bonds. The second-order valence-corrected chi connectivity index (χ2v) is 5.22. The molecule has 0 saturated heterocycles. The predicted molar refractivity (Wildman–Crippen MR) is 80.3 cm³/mol. The topological polar surface area (TPSA) is 46.9 Å². The number of carbonyl (C=O) groups excluding carboxylic acids is 1. The van der Waals surface area contributed by atoms with E-state index >= 15 is 0 Å². The predicted octanol–water partition coefficient (Wildman–Crippen LogP) is 3.45. The van der Waals surface area contributed by atoms with Crippen molar-refractivity contribution in [2.45, 2.75) is 26.9 Å². The van der Waals surface area contributed by atoms with Crippen LogP contribution < -0.4 is 5.32 Å². The van der Waals surface area contributed by atoms with E-state index in [9.17, 15) is 4.79 Å². The van der Waals surface area contributed by atoms with E-state index < -0.39 is 0 Å². The first-order valence-electron chi connectivity index (χ1n) is 6.27. The van der Waals surface area contributed by atoms with E-state index in [1.165, 1.54) is 0 Å². The van der Waals surface area contributed by atoms with Crippen LogP contribution in [0.3, 0.4) is 0 Å². The van der Waals surface area contributed by atoms with Crippen LogP contribution in [-0.2, 0) is 13.1 Å². The molecule has 20 heavy (non-hydrogen) atoms. The summed E-state index contributed by atoms with van der Waals surface area (Å²) >= 11 is 11.7. The van der Waals surface area contributed by atoms with E-state index in [4.69, 9.17) is 23.2 Å². The van der Waals surface area contributed by atoms with Crippen molar-refractivity contribution in [1.82, 2.24) is 15.1 Å². The molecule has 0 fully saturated rings. The highest BCUT2D eigenvalue weighted by Gasteiger charge is 2.10. The fraction of sp³-hybridized carbons (Fsp3) is 0.286. The quantitative estimate of drug-likeness (QED) is 0.940. The van der Waals surface area contributed by atoms with Crippen LogP contribution in [0.4, 0.5) is 0 Å². The number of hydrogen-bond donors (Lipinski definition) is 1. The first-order valence-corrected chi connectivity index (χ1v) is 7.03. The fourth-order valence-electron chi connectivity index (χ4n) is 1.81. The molecule has 6 heteroatoms. The lowest BCUT2D eigenvalue weighted by molar-refractivity contribution is 0.0951. The zero-order valence-electron chi connectivity index (χ0n) is 11.3. The number of carbonyl (C=O) groups is 1. The lowest BCUT2D eigenvalue weighted by Gasteiger charge is -2.05. The normalized spacial score (nSPS) is 10.6. The summed E-state index contributed by atoms with van der Waals surface area (Å²) in [4.78, 5) is 12.0. The van der Waals surface area contributed by atoms with Crippen LogP contribution in [0, 0.1) is 6.92 Å². The highest BCUT2D eigenvalue weighted by molar-refractivity contribution is 6.42. The maximum Gasteiger partial charge on any atom is 0.251 e. The van der Waals surface area contributed by atoms with Gasteiger partial charge in [0.25, 0.3) is 5.91 Å². The van der Waals surface area contributed by atoms with Crippen molar-refractivity contribution in [3.05, 3.63) is 51.3 Å². The minimum Gasteiger partial charge on any atom is -0.348 e. The largest absolute Gasteiger partial charge is 0.348 e. The molecule has 0 radical (unpaired) electrons. The number of halogens is 2. The Hall–Kier alpha value is -1.52. The van der Waals surface area contributed by atoms with Crippen LogP contribution in [0.25, 0.3) is 0 Å². The lowest BCUT2D eigenvalue weighted by Crippen LogP contribution is -2.22. The number of benzene rings is 1. The number of aryl methyl sites for hydroxylation is 2. The summed E-state index contributed by atoms with van der Waals surface area (Å²) < 4.78 is 1.84. The molecule has 0 atom stereocenters. The minimum absolute atomic E-state index is 0.188. The molecule has 1 heterocycles. The van der Waals surface area contributed by atoms with Crippen molar-refractivity contribution < 1.29 is 4.79 Å². The Kier molecular flexibility index (Phi) is 4.68. The number of nitrogens with one attached hydrogen (secondary N) is 1. The van der Waals surface area contributed by atoms with Crippen molar-refractivity contribution in [3.63, 3.8) is 0 Å². The molecule has 1 aromatic carbocycles. The van der Waals surface area contributed by atoms with Gasteiger partial charge in [-0.25, -0.2) is 0 Å². The summed E-state index contributed by atoms with van der Waals surface area (Å²) in [6.45, 7) is 5.18. The van der Waals surface area contributed by atoms with Crippen molar-refractivity contribution in [2.75, 3.05) is 0 Å². The number of amides is 1. The van der Waals surface area contributed by atoms with E-state index in [0.29, 0.717) is 22.2 Å². The Bertz CT molecular complexity index is 637. The summed E-state index contributed by atoms with van der Waals surface area (Å²) in [5.41, 5.74) is 2.40. The number of nitrogens with zero attached hydrogens (tertiary/aromatic N) is 2. The Balaban J connectivity index is 2.04. The molecule has 0 bridgehead atoms. The molecule has 2 aromatic rings. The zero-order chi connectivity index (χ0) is 14.7. The Labute approximate surface area is 127 Å². The fourth-order valence-corrected chi connectivity index (χ4v) is 2.11. The van der Waals surface area contributed by atoms with Crippen molar-refractivity contribution in [2.24, 2.45) is 0 Å². The number of hydrogen-bond acceptors (Lipinski definition) is 2. The molecule has 0 aliphatic carbocycles. The van der Waals surface area contributed by atoms with Gasteiger partial charge in [0.2, 0.25) is 0 Å². The smallest absolute Gasteiger partial charge is 0.251 e. The van der Waals surface area contributed by atoms with E-state index in [2.05, 4.69) is 10.4 Å². The molecule has 0 aliphatic heterocycles. The monoisotopic (exact) mass is 311 g/mol. The van der Waals surface area contributed by atoms with Gasteiger partial charge in [-0.3, -0.25) is 9.48 Å². The Morgan fingerprint density at radius 1 is 1.35 bits per heavy atom. The summed E-state index contributed by atoms with van der Waals surface area (Å²) in [6.07, 6.45) is 1.93. The van der Waals surface area contributed by atoms with Gasteiger partial charge in [-0.05, 0) is 32.0 Å². The maximum atomic E-state index is 12.0. The van der Waals surface area contributed by atoms with Gasteiger partial charge in [0.05, 0.1) is 15.7 Å². The van der Waals surface area contributed by atoms with E-state index in [0.717, 1.165) is 17.8 Å². The maximum absolute atomic E-state index is 12.0. The molecule has 2 rings (SSSR count). The molecule has 0 saturated carbocycles. The second kappa shape index (κ2) is 6.29. The molecular weight excluding hydrogens is 297 g/mol. The van der Waals surface area contributed by atoms with E-state index in [-0.39, 0.29) is 5.91 Å². The average molecular weight is 312 g/mol. The Morgan fingerprint density at radius 2 is 2.10 bits per heavy atom. The average Bonchev–Trinajstić information content (AvgIpc) is 2.79. The van der Waals surface area contributed by atoms with Gasteiger partial charge < -0.3 is 5.32 Å². The molecule has 1 N–H and O–H groups in total. The van der Waals surface area contributed by atoms with Crippen molar-refractivity contribution in [3.8, 4) is 0 Å². The highest BCUT2D eigenvalue weighted by Crippen LogP contribution is 2.22. The standard InChI is InChI=1S/C14H15Cl2N3O/c1-3-19-8-11(9(2)18-19)7-17-14(20)10-4-5-12(15)13(16)6-10/h4-6,8H,3,7H2,1-2H3,(H,17,20). The molecule has 106 valence electrons. The van der Waals surface area contributed by atoms with E-state index in [1.807, 2.05) is 24.7 Å². The summed E-state index contributed by atoms with van der Waals surface area (Å²) in [5.74, 6) is -0.188. The first kappa shape index (κ1) is 14.9. The van der Waals surface area contributed by atoms with Gasteiger partial charge >= 0.3 is 0 Å². The first-order chi connectivity index (χ1) is 9.51. The van der Waals surface area contributed by atoms with Gasteiger partial charge in [-0.1, -0.05) is 23.2 Å². The third-order valence-electron chi connectivity index (χ3n) is 2.99. The van der Waals surface area contributed by atoms with Crippen LogP contribution in [0.15, 0.2) is 24.4 Å². The van der Waals surface area contributed by atoms with Crippen LogP contribution in [0.5, 0.6) is 0 Å². The SMILES string of the molecule is CCn1cc(CNC(=O)c2ccc(Cl)c(Cl)c2)c(C)n1. The minimum atomic E-state index is -0.188. The third kappa shape index (κ3) is 3.32.